The number of rotatable bonds is 6. The van der Waals surface area contributed by atoms with Crippen LogP contribution in [0.5, 0.6) is 0 Å². The van der Waals surface area contributed by atoms with Crippen LogP contribution in [-0.2, 0) is 24.2 Å². The van der Waals surface area contributed by atoms with Gasteiger partial charge in [-0.15, -0.1) is 0 Å². The standard InChI is InChI=1S/C14H23N3O2/c1-11(2)4-7-19-8-6-17-14(18)9-12-10-15-5-3-13(12)16-17/h9,11,15H,3-8,10H2,1-2H3. The lowest BCUT2D eigenvalue weighted by atomic mass is 10.1. The van der Waals surface area contributed by atoms with Gasteiger partial charge in [0.15, 0.2) is 0 Å². The van der Waals surface area contributed by atoms with Gasteiger partial charge < -0.3 is 10.1 Å². The number of ether oxygens (including phenoxy) is 1. The number of nitrogens with zero attached hydrogens (tertiary/aromatic N) is 2. The molecule has 0 saturated heterocycles. The Bertz CT molecular complexity index is 468. The van der Waals surface area contributed by atoms with Crippen molar-refractivity contribution in [3.05, 3.63) is 27.7 Å². The Labute approximate surface area is 114 Å². The van der Waals surface area contributed by atoms with Crippen molar-refractivity contribution < 1.29 is 4.74 Å². The molecule has 0 atom stereocenters. The van der Waals surface area contributed by atoms with Crippen molar-refractivity contribution >= 4 is 0 Å². The lowest BCUT2D eigenvalue weighted by molar-refractivity contribution is 0.113. The molecule has 1 aromatic heterocycles. The normalized spacial score (nSPS) is 14.7. The summed E-state index contributed by atoms with van der Waals surface area (Å²) in [6, 6.07) is 1.70. The van der Waals surface area contributed by atoms with E-state index in [1.165, 1.54) is 4.68 Å². The zero-order chi connectivity index (χ0) is 13.7. The summed E-state index contributed by atoms with van der Waals surface area (Å²) in [5, 5.41) is 7.67. The lowest BCUT2D eigenvalue weighted by Gasteiger charge is -2.17. The summed E-state index contributed by atoms with van der Waals surface area (Å²) in [5.74, 6) is 0.650. The Morgan fingerprint density at radius 3 is 3.11 bits per heavy atom. The molecule has 0 radical (unpaired) electrons. The summed E-state index contributed by atoms with van der Waals surface area (Å²) < 4.78 is 7.06. The highest BCUT2D eigenvalue weighted by Gasteiger charge is 2.12. The molecule has 0 bridgehead atoms. The summed E-state index contributed by atoms with van der Waals surface area (Å²) in [6.07, 6.45) is 1.95. The van der Waals surface area contributed by atoms with Gasteiger partial charge in [0.1, 0.15) is 0 Å². The van der Waals surface area contributed by atoms with E-state index in [2.05, 4.69) is 24.3 Å². The predicted octanol–water partition coefficient (Wildman–Crippen LogP) is 0.952. The first kappa shape index (κ1) is 14.2. The van der Waals surface area contributed by atoms with Crippen molar-refractivity contribution in [3.8, 4) is 0 Å². The third-order valence-electron chi connectivity index (χ3n) is 3.31. The SMILES string of the molecule is CC(C)CCOCCn1nc2c(cc1=O)CNCC2. The Balaban J connectivity index is 1.88. The fourth-order valence-corrected chi connectivity index (χ4v) is 2.09. The van der Waals surface area contributed by atoms with Crippen LogP contribution in [0, 0.1) is 5.92 Å². The Kier molecular flexibility index (Phi) is 5.10. The molecule has 2 rings (SSSR count). The number of hydrogen-bond acceptors (Lipinski definition) is 4. The van der Waals surface area contributed by atoms with E-state index in [1.54, 1.807) is 6.07 Å². The molecule has 19 heavy (non-hydrogen) atoms. The van der Waals surface area contributed by atoms with Crippen LogP contribution in [0.4, 0.5) is 0 Å². The van der Waals surface area contributed by atoms with E-state index in [-0.39, 0.29) is 5.56 Å². The molecule has 0 aromatic carbocycles. The monoisotopic (exact) mass is 265 g/mol. The van der Waals surface area contributed by atoms with E-state index in [4.69, 9.17) is 4.74 Å². The van der Waals surface area contributed by atoms with Crippen molar-refractivity contribution in [1.82, 2.24) is 15.1 Å². The van der Waals surface area contributed by atoms with Crippen LogP contribution in [0.25, 0.3) is 0 Å². The number of fused-ring (bicyclic) bond motifs is 1. The van der Waals surface area contributed by atoms with Crippen LogP contribution in [0.2, 0.25) is 0 Å². The number of nitrogens with one attached hydrogen (secondary N) is 1. The first-order chi connectivity index (χ1) is 9.16. The average Bonchev–Trinajstić information content (AvgIpc) is 2.38. The van der Waals surface area contributed by atoms with Crippen molar-refractivity contribution in [3.63, 3.8) is 0 Å². The predicted molar refractivity (Wildman–Crippen MR) is 74.2 cm³/mol. The van der Waals surface area contributed by atoms with Gasteiger partial charge in [-0.25, -0.2) is 4.68 Å². The van der Waals surface area contributed by atoms with Gasteiger partial charge in [0, 0.05) is 32.2 Å². The maximum absolute atomic E-state index is 11.9. The molecule has 1 aliphatic heterocycles. The minimum atomic E-state index is -0.0325. The Morgan fingerprint density at radius 2 is 2.32 bits per heavy atom. The molecule has 0 unspecified atom stereocenters. The topological polar surface area (TPSA) is 56.2 Å². The van der Waals surface area contributed by atoms with E-state index in [1.807, 2.05) is 0 Å². The highest BCUT2D eigenvalue weighted by molar-refractivity contribution is 5.20. The fraction of sp³-hybridized carbons (Fsp3) is 0.714. The van der Waals surface area contributed by atoms with Crippen LogP contribution in [0.15, 0.2) is 10.9 Å². The highest BCUT2D eigenvalue weighted by atomic mass is 16.5. The van der Waals surface area contributed by atoms with Gasteiger partial charge in [-0.1, -0.05) is 13.8 Å². The molecule has 5 heteroatoms. The molecule has 1 N–H and O–H groups in total. The molecule has 0 saturated carbocycles. The first-order valence-electron chi connectivity index (χ1n) is 7.05. The lowest BCUT2D eigenvalue weighted by Crippen LogP contribution is -2.32. The second-order valence-corrected chi connectivity index (χ2v) is 5.40. The number of aromatic nitrogens is 2. The highest BCUT2D eigenvalue weighted by Crippen LogP contribution is 2.07. The summed E-state index contributed by atoms with van der Waals surface area (Å²) in [5.41, 5.74) is 2.05. The quantitative estimate of drug-likeness (QED) is 0.778. The zero-order valence-corrected chi connectivity index (χ0v) is 11.8. The zero-order valence-electron chi connectivity index (χ0n) is 11.8. The number of hydrogen-bond donors (Lipinski definition) is 1. The second kappa shape index (κ2) is 6.82. The van der Waals surface area contributed by atoms with Crippen LogP contribution >= 0.6 is 0 Å². The maximum Gasteiger partial charge on any atom is 0.267 e. The Morgan fingerprint density at radius 1 is 1.47 bits per heavy atom. The van der Waals surface area contributed by atoms with Crippen LogP contribution < -0.4 is 10.9 Å². The minimum Gasteiger partial charge on any atom is -0.380 e. The van der Waals surface area contributed by atoms with E-state index < -0.39 is 0 Å². The van der Waals surface area contributed by atoms with Crippen LogP contribution in [0.1, 0.15) is 31.5 Å². The minimum absolute atomic E-state index is 0.0325. The van der Waals surface area contributed by atoms with E-state index in [9.17, 15) is 4.79 Å². The van der Waals surface area contributed by atoms with Gasteiger partial charge in [0.2, 0.25) is 0 Å². The third kappa shape index (κ3) is 4.14. The van der Waals surface area contributed by atoms with Gasteiger partial charge in [-0.3, -0.25) is 4.79 Å². The van der Waals surface area contributed by atoms with Crippen molar-refractivity contribution in [2.24, 2.45) is 5.92 Å². The first-order valence-corrected chi connectivity index (χ1v) is 7.05. The largest absolute Gasteiger partial charge is 0.380 e. The molecule has 1 aromatic rings. The Hall–Kier alpha value is -1.20. The molecular weight excluding hydrogens is 242 g/mol. The van der Waals surface area contributed by atoms with Crippen molar-refractivity contribution in [2.45, 2.75) is 39.8 Å². The van der Waals surface area contributed by atoms with Gasteiger partial charge in [0.05, 0.1) is 18.8 Å². The van der Waals surface area contributed by atoms with E-state index >= 15 is 0 Å². The maximum atomic E-state index is 11.9. The van der Waals surface area contributed by atoms with Crippen LogP contribution in [0.3, 0.4) is 0 Å². The van der Waals surface area contributed by atoms with Crippen molar-refractivity contribution in [1.29, 1.82) is 0 Å². The smallest absolute Gasteiger partial charge is 0.267 e. The molecule has 1 aliphatic rings. The van der Waals surface area contributed by atoms with E-state index in [0.717, 1.165) is 43.8 Å². The summed E-state index contributed by atoms with van der Waals surface area (Å²) >= 11 is 0. The molecule has 0 fully saturated rings. The fourth-order valence-electron chi connectivity index (χ4n) is 2.09. The van der Waals surface area contributed by atoms with Gasteiger partial charge in [0.25, 0.3) is 5.56 Å². The molecule has 5 nitrogen and oxygen atoms in total. The second-order valence-electron chi connectivity index (χ2n) is 5.40. The molecule has 0 amide bonds. The average molecular weight is 265 g/mol. The molecular formula is C14H23N3O2. The van der Waals surface area contributed by atoms with Gasteiger partial charge in [-0.05, 0) is 17.9 Å². The third-order valence-corrected chi connectivity index (χ3v) is 3.31. The molecule has 106 valence electrons. The molecule has 0 aliphatic carbocycles. The van der Waals surface area contributed by atoms with Gasteiger partial charge in [-0.2, -0.15) is 5.10 Å². The molecule has 0 spiro atoms. The van der Waals surface area contributed by atoms with Crippen LogP contribution in [-0.4, -0.2) is 29.5 Å². The van der Waals surface area contributed by atoms with Crippen molar-refractivity contribution in [2.75, 3.05) is 19.8 Å². The summed E-state index contributed by atoms with van der Waals surface area (Å²) in [4.78, 5) is 11.9. The summed E-state index contributed by atoms with van der Waals surface area (Å²) in [6.45, 7) is 7.88. The van der Waals surface area contributed by atoms with Gasteiger partial charge >= 0.3 is 0 Å². The summed E-state index contributed by atoms with van der Waals surface area (Å²) in [7, 11) is 0. The van der Waals surface area contributed by atoms with E-state index in [0.29, 0.717) is 19.1 Å². The molecule has 2 heterocycles.